The average Bonchev–Trinajstić information content (AvgIpc) is 3.00. The van der Waals surface area contributed by atoms with Crippen molar-refractivity contribution in [3.63, 3.8) is 0 Å². The Morgan fingerprint density at radius 1 is 1.18 bits per heavy atom. The molecule has 2 heterocycles. The molecule has 0 saturated heterocycles. The van der Waals surface area contributed by atoms with Gasteiger partial charge in [0.2, 0.25) is 5.89 Å². The number of aromatic nitrogens is 2. The monoisotopic (exact) mass is 314 g/mol. The number of nitrogens with zero attached hydrogens (tertiary/aromatic N) is 2. The van der Waals surface area contributed by atoms with E-state index in [1.54, 1.807) is 36.4 Å². The van der Waals surface area contributed by atoms with Crippen molar-refractivity contribution in [3.05, 3.63) is 59.6 Å². The van der Waals surface area contributed by atoms with Crippen molar-refractivity contribution in [3.8, 4) is 11.5 Å². The molecule has 0 unspecified atom stereocenters. The third kappa shape index (κ3) is 3.07. The summed E-state index contributed by atoms with van der Waals surface area (Å²) in [6, 6.07) is 10.1. The van der Waals surface area contributed by atoms with E-state index in [9.17, 15) is 4.79 Å². The van der Waals surface area contributed by atoms with Crippen LogP contribution in [-0.4, -0.2) is 15.9 Å². The van der Waals surface area contributed by atoms with Gasteiger partial charge in [0.15, 0.2) is 5.69 Å². The van der Waals surface area contributed by atoms with Gasteiger partial charge in [0, 0.05) is 16.9 Å². The smallest absolute Gasteiger partial charge is 0.277 e. The third-order valence-electron chi connectivity index (χ3n) is 2.87. The van der Waals surface area contributed by atoms with Crippen LogP contribution in [0.15, 0.2) is 53.3 Å². The first-order valence-corrected chi connectivity index (χ1v) is 6.74. The molecule has 110 valence electrons. The number of nitrogens with one attached hydrogen (secondary N) is 1. The summed E-state index contributed by atoms with van der Waals surface area (Å²) in [7, 11) is 0. The van der Waals surface area contributed by atoms with E-state index < -0.39 is 0 Å². The van der Waals surface area contributed by atoms with Crippen molar-refractivity contribution in [1.82, 2.24) is 9.97 Å². The molecule has 1 amide bonds. The second kappa shape index (κ2) is 5.87. The highest BCUT2D eigenvalue weighted by molar-refractivity contribution is 6.30. The lowest BCUT2D eigenvalue weighted by Crippen LogP contribution is -2.12. The third-order valence-corrected chi connectivity index (χ3v) is 3.12. The number of carbonyl (C=O) groups excluding carboxylic acids is 1. The zero-order valence-corrected chi connectivity index (χ0v) is 12.0. The Morgan fingerprint density at radius 3 is 2.64 bits per heavy atom. The van der Waals surface area contributed by atoms with Gasteiger partial charge in [-0.15, -0.1) is 0 Å². The number of rotatable bonds is 3. The molecule has 3 N–H and O–H groups in total. The zero-order chi connectivity index (χ0) is 15.5. The van der Waals surface area contributed by atoms with Crippen LogP contribution < -0.4 is 11.1 Å². The quantitative estimate of drug-likeness (QED) is 0.774. The molecular weight excluding hydrogens is 304 g/mol. The maximum absolute atomic E-state index is 12.1. The van der Waals surface area contributed by atoms with Crippen molar-refractivity contribution in [2.45, 2.75) is 0 Å². The zero-order valence-electron chi connectivity index (χ0n) is 11.3. The van der Waals surface area contributed by atoms with E-state index in [-0.39, 0.29) is 11.6 Å². The number of carbonyl (C=O) groups is 1. The summed E-state index contributed by atoms with van der Waals surface area (Å²) in [5.74, 6) is 0.325. The van der Waals surface area contributed by atoms with Crippen LogP contribution >= 0.6 is 11.6 Å². The lowest BCUT2D eigenvalue weighted by Gasteiger charge is -2.02. The highest BCUT2D eigenvalue weighted by Gasteiger charge is 2.14. The second-order valence-electron chi connectivity index (χ2n) is 4.47. The first-order valence-electron chi connectivity index (χ1n) is 6.36. The number of amides is 1. The number of pyridine rings is 1. The van der Waals surface area contributed by atoms with Crippen LogP contribution in [-0.2, 0) is 0 Å². The summed E-state index contributed by atoms with van der Waals surface area (Å²) >= 11 is 5.79. The Hall–Kier alpha value is -2.86. The summed E-state index contributed by atoms with van der Waals surface area (Å²) in [5.41, 5.74) is 6.94. The first kappa shape index (κ1) is 14.1. The van der Waals surface area contributed by atoms with Gasteiger partial charge in [-0.25, -0.2) is 9.97 Å². The molecule has 22 heavy (non-hydrogen) atoms. The molecule has 0 bridgehead atoms. The minimum Gasteiger partial charge on any atom is -0.444 e. The van der Waals surface area contributed by atoms with Gasteiger partial charge >= 0.3 is 0 Å². The maximum atomic E-state index is 12.1. The lowest BCUT2D eigenvalue weighted by molar-refractivity contribution is 0.102. The molecular formula is C15H11ClN4O2. The van der Waals surface area contributed by atoms with Gasteiger partial charge in [-0.3, -0.25) is 4.79 Å². The second-order valence-corrected chi connectivity index (χ2v) is 4.91. The molecule has 0 atom stereocenters. The standard InChI is InChI=1S/C15H11ClN4O2/c16-10-2-4-11(5-3-10)19-14(21)12-8-22-15(20-12)9-1-6-13(17)18-7-9/h1-8H,(H2,17,18)(H,19,21). The highest BCUT2D eigenvalue weighted by atomic mass is 35.5. The van der Waals surface area contributed by atoms with Gasteiger partial charge < -0.3 is 15.5 Å². The van der Waals surface area contributed by atoms with E-state index in [4.69, 9.17) is 21.8 Å². The van der Waals surface area contributed by atoms with E-state index in [2.05, 4.69) is 15.3 Å². The van der Waals surface area contributed by atoms with E-state index in [0.29, 0.717) is 28.0 Å². The molecule has 0 aliphatic carbocycles. The van der Waals surface area contributed by atoms with Crippen molar-refractivity contribution in [1.29, 1.82) is 0 Å². The normalized spacial score (nSPS) is 10.4. The van der Waals surface area contributed by atoms with Gasteiger partial charge in [0.25, 0.3) is 5.91 Å². The Balaban J connectivity index is 1.76. The fraction of sp³-hybridized carbons (Fsp3) is 0. The molecule has 0 aliphatic heterocycles. The van der Waals surface area contributed by atoms with E-state index in [0.717, 1.165) is 0 Å². The summed E-state index contributed by atoms with van der Waals surface area (Å²) in [6.07, 6.45) is 2.82. The van der Waals surface area contributed by atoms with Crippen molar-refractivity contribution in [2.75, 3.05) is 11.1 Å². The van der Waals surface area contributed by atoms with Crippen LogP contribution in [0.1, 0.15) is 10.5 Å². The minimum atomic E-state index is -0.374. The largest absolute Gasteiger partial charge is 0.444 e. The molecule has 3 aromatic rings. The fourth-order valence-corrected chi connectivity index (χ4v) is 1.90. The summed E-state index contributed by atoms with van der Waals surface area (Å²) in [4.78, 5) is 20.2. The number of benzene rings is 1. The van der Waals surface area contributed by atoms with E-state index in [1.807, 2.05) is 0 Å². The number of halogens is 1. The Morgan fingerprint density at radius 2 is 1.95 bits per heavy atom. The number of hydrogen-bond acceptors (Lipinski definition) is 5. The fourth-order valence-electron chi connectivity index (χ4n) is 1.77. The lowest BCUT2D eigenvalue weighted by atomic mass is 10.3. The molecule has 6 nitrogen and oxygen atoms in total. The topological polar surface area (TPSA) is 94.0 Å². The molecule has 0 aliphatic rings. The highest BCUT2D eigenvalue weighted by Crippen LogP contribution is 2.19. The van der Waals surface area contributed by atoms with Gasteiger partial charge in [-0.1, -0.05) is 11.6 Å². The van der Waals surface area contributed by atoms with Gasteiger partial charge in [0.05, 0.1) is 5.56 Å². The van der Waals surface area contributed by atoms with E-state index in [1.165, 1.54) is 12.5 Å². The van der Waals surface area contributed by atoms with Crippen LogP contribution in [0.25, 0.3) is 11.5 Å². The molecule has 0 radical (unpaired) electrons. The van der Waals surface area contributed by atoms with Crippen molar-refractivity contribution >= 4 is 29.0 Å². The number of nitrogen functional groups attached to an aromatic ring is 1. The van der Waals surface area contributed by atoms with Gasteiger partial charge in [0.1, 0.15) is 12.1 Å². The van der Waals surface area contributed by atoms with Crippen LogP contribution in [0, 0.1) is 0 Å². The van der Waals surface area contributed by atoms with E-state index >= 15 is 0 Å². The van der Waals surface area contributed by atoms with Crippen LogP contribution in [0.4, 0.5) is 11.5 Å². The molecule has 0 spiro atoms. The predicted molar refractivity (Wildman–Crippen MR) is 83.6 cm³/mol. The average molecular weight is 315 g/mol. The summed E-state index contributed by atoms with van der Waals surface area (Å²) < 4.78 is 5.29. The number of nitrogens with two attached hydrogens (primary N) is 1. The number of oxazole rings is 1. The Kier molecular flexibility index (Phi) is 3.76. The number of anilines is 2. The van der Waals surface area contributed by atoms with Crippen LogP contribution in [0.3, 0.4) is 0 Å². The van der Waals surface area contributed by atoms with Crippen molar-refractivity contribution in [2.24, 2.45) is 0 Å². The predicted octanol–water partition coefficient (Wildman–Crippen LogP) is 3.22. The van der Waals surface area contributed by atoms with Crippen LogP contribution in [0.5, 0.6) is 0 Å². The van der Waals surface area contributed by atoms with Crippen LogP contribution in [0.2, 0.25) is 5.02 Å². The molecule has 1 aromatic carbocycles. The molecule has 0 fully saturated rings. The SMILES string of the molecule is Nc1ccc(-c2nc(C(=O)Nc3ccc(Cl)cc3)co2)cn1. The molecule has 2 aromatic heterocycles. The molecule has 0 saturated carbocycles. The maximum Gasteiger partial charge on any atom is 0.277 e. The minimum absolute atomic E-state index is 0.168. The number of hydrogen-bond donors (Lipinski definition) is 2. The van der Waals surface area contributed by atoms with Crippen molar-refractivity contribution < 1.29 is 9.21 Å². The Bertz CT molecular complexity index is 797. The summed E-state index contributed by atoms with van der Waals surface area (Å²) in [5, 5.41) is 3.30. The van der Waals surface area contributed by atoms with Gasteiger partial charge in [-0.05, 0) is 36.4 Å². The van der Waals surface area contributed by atoms with Gasteiger partial charge in [-0.2, -0.15) is 0 Å². The Labute approximate surface area is 130 Å². The molecule has 7 heteroatoms. The summed E-state index contributed by atoms with van der Waals surface area (Å²) in [6.45, 7) is 0. The first-order chi connectivity index (χ1) is 10.6. The molecule has 3 rings (SSSR count).